The average Bonchev–Trinajstić information content (AvgIpc) is 3.52. The van der Waals surface area contributed by atoms with Gasteiger partial charge in [0, 0.05) is 23.4 Å². The number of amides is 2. The van der Waals surface area contributed by atoms with Gasteiger partial charge in [0.15, 0.2) is 10.8 Å². The van der Waals surface area contributed by atoms with Crippen LogP contribution in [0.1, 0.15) is 18.3 Å². The first-order valence-electron chi connectivity index (χ1n) is 9.98. The monoisotopic (exact) mass is 551 g/mol. The zero-order valence-corrected chi connectivity index (χ0v) is 20.8. The Labute approximate surface area is 215 Å². The fourth-order valence-electron chi connectivity index (χ4n) is 3.24. The highest BCUT2D eigenvalue weighted by Gasteiger charge is 2.54. The highest BCUT2D eigenvalue weighted by atomic mass is 32.2. The lowest BCUT2D eigenvalue weighted by Gasteiger charge is -2.49. The number of anilines is 1. The summed E-state index contributed by atoms with van der Waals surface area (Å²) < 4.78 is 13.5. The normalized spacial score (nSPS) is 19.6. The SMILES string of the molecule is CC(=O)OCOC(=O)C1=C(/C=C\c2csnn2)CS[C@H]2C(NC(=O)/C(=N\O)c3csc(N)n3)C(=O)N12. The van der Waals surface area contributed by atoms with Crippen molar-refractivity contribution in [3.63, 3.8) is 0 Å². The van der Waals surface area contributed by atoms with Crippen molar-refractivity contribution in [2.45, 2.75) is 18.3 Å². The lowest BCUT2D eigenvalue weighted by Crippen LogP contribution is -2.71. The van der Waals surface area contributed by atoms with Crippen LogP contribution in [0.3, 0.4) is 0 Å². The maximum absolute atomic E-state index is 13.0. The van der Waals surface area contributed by atoms with E-state index in [0.29, 0.717) is 11.3 Å². The molecule has 2 aliphatic rings. The van der Waals surface area contributed by atoms with Gasteiger partial charge in [-0.3, -0.25) is 19.3 Å². The van der Waals surface area contributed by atoms with E-state index in [1.807, 2.05) is 0 Å². The fourth-order valence-corrected chi connectivity index (χ4v) is 5.53. The van der Waals surface area contributed by atoms with Crippen molar-refractivity contribution in [2.24, 2.45) is 5.16 Å². The molecule has 0 bridgehead atoms. The number of rotatable bonds is 8. The Bertz CT molecular complexity index is 1290. The Morgan fingerprint density at radius 2 is 2.14 bits per heavy atom. The maximum Gasteiger partial charge on any atom is 0.358 e. The van der Waals surface area contributed by atoms with Crippen LogP contribution >= 0.6 is 34.6 Å². The number of nitrogens with one attached hydrogen (secondary N) is 1. The van der Waals surface area contributed by atoms with Crippen LogP contribution in [0.25, 0.3) is 6.08 Å². The van der Waals surface area contributed by atoms with E-state index in [4.69, 9.17) is 10.5 Å². The highest BCUT2D eigenvalue weighted by molar-refractivity contribution is 8.00. The third-order valence-corrected chi connectivity index (χ3v) is 7.34. The quantitative estimate of drug-likeness (QED) is 0.101. The van der Waals surface area contributed by atoms with Gasteiger partial charge in [0.1, 0.15) is 22.8 Å². The number of hydrogen-bond acceptors (Lipinski definition) is 15. The van der Waals surface area contributed by atoms with Crippen LogP contribution in [0.5, 0.6) is 0 Å². The summed E-state index contributed by atoms with van der Waals surface area (Å²) in [6.45, 7) is 0.532. The second kappa shape index (κ2) is 10.8. The summed E-state index contributed by atoms with van der Waals surface area (Å²) in [6.07, 6.45) is 3.25. The molecule has 14 nitrogen and oxygen atoms in total. The van der Waals surface area contributed by atoms with Crippen LogP contribution in [-0.2, 0) is 28.7 Å². The zero-order valence-electron chi connectivity index (χ0n) is 18.3. The van der Waals surface area contributed by atoms with Gasteiger partial charge >= 0.3 is 11.9 Å². The number of hydrogen-bond donors (Lipinski definition) is 3. The first kappa shape index (κ1) is 25.3. The summed E-state index contributed by atoms with van der Waals surface area (Å²) in [5.41, 5.74) is 6.18. The Kier molecular flexibility index (Phi) is 7.61. The van der Waals surface area contributed by atoms with E-state index < -0.39 is 47.7 Å². The molecule has 2 atom stereocenters. The van der Waals surface area contributed by atoms with Crippen molar-refractivity contribution in [3.05, 3.63) is 39.5 Å². The van der Waals surface area contributed by atoms with Gasteiger partial charge in [-0.25, -0.2) is 9.78 Å². The summed E-state index contributed by atoms with van der Waals surface area (Å²) in [6, 6.07) is -1.01. The van der Waals surface area contributed by atoms with Crippen LogP contribution < -0.4 is 11.1 Å². The molecule has 2 aromatic heterocycles. The van der Waals surface area contributed by atoms with Crippen molar-refractivity contribution in [1.82, 2.24) is 24.8 Å². The number of β-lactam (4-membered cyclic amide) rings is 1. The van der Waals surface area contributed by atoms with Gasteiger partial charge in [-0.05, 0) is 23.2 Å². The smallest absolute Gasteiger partial charge is 0.358 e. The molecule has 188 valence electrons. The maximum atomic E-state index is 13.0. The topological polar surface area (TPSA) is 199 Å². The number of nitrogens with zero attached hydrogens (tertiary/aromatic N) is 5. The van der Waals surface area contributed by atoms with Crippen molar-refractivity contribution >= 4 is 75.3 Å². The number of nitrogens with two attached hydrogens (primary N) is 1. The first-order valence-corrected chi connectivity index (χ1v) is 12.7. The van der Waals surface area contributed by atoms with Crippen LogP contribution in [0.4, 0.5) is 5.13 Å². The number of thiazole rings is 1. The molecule has 0 radical (unpaired) electrons. The Morgan fingerprint density at radius 3 is 2.78 bits per heavy atom. The van der Waals surface area contributed by atoms with Crippen molar-refractivity contribution in [3.8, 4) is 0 Å². The summed E-state index contributed by atoms with van der Waals surface area (Å²) >= 11 is 3.50. The molecule has 4 heterocycles. The second-order valence-electron chi connectivity index (χ2n) is 7.10. The highest BCUT2D eigenvalue weighted by Crippen LogP contribution is 2.41. The fraction of sp³-hybridized carbons (Fsp3) is 0.263. The molecule has 1 saturated heterocycles. The zero-order chi connectivity index (χ0) is 25.8. The number of ether oxygens (including phenoxy) is 2. The summed E-state index contributed by atoms with van der Waals surface area (Å²) in [7, 11) is 0. The molecule has 2 aromatic rings. The molecule has 0 spiro atoms. The molecule has 36 heavy (non-hydrogen) atoms. The molecular formula is C19H17N7O7S3. The molecule has 2 amide bonds. The van der Waals surface area contributed by atoms with Gasteiger partial charge in [0.05, 0.1) is 5.69 Å². The third-order valence-electron chi connectivity index (χ3n) is 4.84. The molecular weight excluding hydrogens is 534 g/mol. The van der Waals surface area contributed by atoms with Crippen LogP contribution in [0.15, 0.2) is 33.3 Å². The van der Waals surface area contributed by atoms with Crippen LogP contribution in [0.2, 0.25) is 0 Å². The van der Waals surface area contributed by atoms with Crippen molar-refractivity contribution < 1.29 is 33.9 Å². The van der Waals surface area contributed by atoms with Gasteiger partial charge in [-0.15, -0.1) is 28.2 Å². The largest absolute Gasteiger partial charge is 0.428 e. The summed E-state index contributed by atoms with van der Waals surface area (Å²) in [4.78, 5) is 54.7. The Morgan fingerprint density at radius 1 is 1.33 bits per heavy atom. The van der Waals surface area contributed by atoms with Crippen LogP contribution in [0, 0.1) is 0 Å². The second-order valence-corrected chi connectivity index (χ2v) is 9.71. The number of nitrogen functional groups attached to an aromatic ring is 1. The molecule has 0 aliphatic carbocycles. The average molecular weight is 552 g/mol. The molecule has 0 saturated carbocycles. The van der Waals surface area contributed by atoms with Crippen LogP contribution in [-0.4, -0.2) is 78.1 Å². The van der Waals surface area contributed by atoms with Gasteiger partial charge in [-0.2, -0.15) is 0 Å². The Hall–Kier alpha value is -3.83. The number of carbonyl (C=O) groups excluding carboxylic acids is 4. The lowest BCUT2D eigenvalue weighted by molar-refractivity contribution is -0.166. The number of thioether (sulfide) groups is 1. The van der Waals surface area contributed by atoms with Crippen molar-refractivity contribution in [1.29, 1.82) is 0 Å². The minimum absolute atomic E-state index is 0.0517. The minimum Gasteiger partial charge on any atom is -0.428 e. The van der Waals surface area contributed by atoms with E-state index >= 15 is 0 Å². The van der Waals surface area contributed by atoms with Gasteiger partial charge in [0.2, 0.25) is 6.79 Å². The minimum atomic E-state index is -1.01. The number of fused-ring (bicyclic) bond motifs is 1. The predicted molar refractivity (Wildman–Crippen MR) is 129 cm³/mol. The summed E-state index contributed by atoms with van der Waals surface area (Å²) in [5.74, 6) is -2.67. The van der Waals surface area contributed by atoms with Gasteiger partial charge < -0.3 is 25.7 Å². The molecule has 1 fully saturated rings. The number of carbonyl (C=O) groups is 4. The number of esters is 2. The number of aromatic nitrogens is 3. The van der Waals surface area contributed by atoms with Gasteiger partial charge in [0.25, 0.3) is 11.8 Å². The predicted octanol–water partition coefficient (Wildman–Crippen LogP) is 0.186. The summed E-state index contributed by atoms with van der Waals surface area (Å²) in [5, 5.41) is 21.4. The van der Waals surface area contributed by atoms with Gasteiger partial charge in [-0.1, -0.05) is 15.7 Å². The van der Waals surface area contributed by atoms with E-state index in [1.54, 1.807) is 17.5 Å². The molecule has 0 aromatic carbocycles. The number of allylic oxidation sites excluding steroid dienone is 1. The Balaban J connectivity index is 1.54. The molecule has 4 rings (SSSR count). The first-order chi connectivity index (χ1) is 17.3. The standard InChI is InChI=1S/C19H17N7O7S3/c1-8(27)32-7-33-18(30)14-9(2-3-10-5-36-25-23-10)4-34-17-13(16(29)26(14)17)22-15(28)12(24-31)11-6-35-19(20)21-11/h2-3,5-6,13,17,31H,4,7H2,1H3,(H2,20,21)(H,22,28)/b3-2-,24-12-/t13?,17-/m0/s1. The number of oxime groups is 1. The van der Waals surface area contributed by atoms with E-state index in [2.05, 4.69) is 29.8 Å². The van der Waals surface area contributed by atoms with E-state index in [1.165, 1.54) is 22.0 Å². The molecule has 17 heteroatoms. The molecule has 2 aliphatic heterocycles. The van der Waals surface area contributed by atoms with Crippen molar-refractivity contribution in [2.75, 3.05) is 18.3 Å². The molecule has 1 unspecified atom stereocenters. The third kappa shape index (κ3) is 5.21. The van der Waals surface area contributed by atoms with E-state index in [9.17, 15) is 24.4 Å². The van der Waals surface area contributed by atoms with E-state index in [0.717, 1.165) is 29.8 Å². The lowest BCUT2D eigenvalue weighted by atomic mass is 10.0. The van der Waals surface area contributed by atoms with E-state index in [-0.39, 0.29) is 22.3 Å². The molecule has 4 N–H and O–H groups in total.